The van der Waals surface area contributed by atoms with Crippen LogP contribution in [0.1, 0.15) is 19.8 Å². The van der Waals surface area contributed by atoms with Gasteiger partial charge in [0.2, 0.25) is 0 Å². The van der Waals surface area contributed by atoms with Crippen molar-refractivity contribution < 1.29 is 10.0 Å². The second-order valence-corrected chi connectivity index (χ2v) is 6.22. The fourth-order valence-electron chi connectivity index (χ4n) is 2.53. The van der Waals surface area contributed by atoms with Crippen LogP contribution in [0.15, 0.2) is 18.2 Å². The highest BCUT2D eigenvalue weighted by Gasteiger charge is 2.27. The van der Waals surface area contributed by atoms with Gasteiger partial charge in [-0.15, -0.1) is 0 Å². The fraction of sp³-hybridized carbons (Fsp3) is 0.538. The predicted molar refractivity (Wildman–Crippen MR) is 82.4 cm³/mol. The number of nitrogens with zero attached hydrogens (tertiary/aromatic N) is 2. The molecule has 2 rings (SSSR count). The van der Waals surface area contributed by atoms with E-state index in [-0.39, 0.29) is 22.6 Å². The minimum Gasteiger partial charge on any atom is -0.393 e. The molecule has 5 nitrogen and oxygen atoms in total. The zero-order valence-corrected chi connectivity index (χ0v) is 12.9. The maximum absolute atomic E-state index is 11.2. The molecule has 0 bridgehead atoms. The van der Waals surface area contributed by atoms with E-state index in [0.717, 1.165) is 23.0 Å². The van der Waals surface area contributed by atoms with Crippen molar-refractivity contribution in [1.29, 1.82) is 0 Å². The average Bonchev–Trinajstić information content (AvgIpc) is 2.38. The molecule has 1 heterocycles. The van der Waals surface area contributed by atoms with Crippen LogP contribution in [0.25, 0.3) is 0 Å². The smallest absolute Gasteiger partial charge is 0.293 e. The number of aliphatic hydroxyl groups excluding tert-OH is 1. The topological polar surface area (TPSA) is 66.6 Å². The Morgan fingerprint density at radius 2 is 2.32 bits per heavy atom. The van der Waals surface area contributed by atoms with Crippen molar-refractivity contribution in [3.63, 3.8) is 0 Å². The van der Waals surface area contributed by atoms with E-state index in [0.29, 0.717) is 12.2 Å². The lowest BCUT2D eigenvalue weighted by Gasteiger charge is -2.35. The standard InChI is InChI=1S/C13H17IN2O3/c1-9(17)10-3-2-6-15(8-10)12-5-4-11(14)7-13(12)16(18)19/h4-5,7,9-10,17H,2-3,6,8H2,1H3. The maximum atomic E-state index is 11.2. The van der Waals surface area contributed by atoms with Crippen LogP contribution in [-0.4, -0.2) is 29.2 Å². The third-order valence-electron chi connectivity index (χ3n) is 3.61. The SMILES string of the molecule is CC(O)C1CCCN(c2ccc(I)cc2[N+](=O)[O-])C1. The third-order valence-corrected chi connectivity index (χ3v) is 4.29. The van der Waals surface area contributed by atoms with Crippen LogP contribution >= 0.6 is 22.6 Å². The summed E-state index contributed by atoms with van der Waals surface area (Å²) < 4.78 is 0.858. The van der Waals surface area contributed by atoms with E-state index in [1.807, 2.05) is 17.0 Å². The number of hydrogen-bond acceptors (Lipinski definition) is 4. The van der Waals surface area contributed by atoms with Crippen molar-refractivity contribution in [3.8, 4) is 0 Å². The number of rotatable bonds is 3. The van der Waals surface area contributed by atoms with Gasteiger partial charge in [0, 0.05) is 28.6 Å². The molecule has 2 unspecified atom stereocenters. The summed E-state index contributed by atoms with van der Waals surface area (Å²) in [7, 11) is 0. The highest BCUT2D eigenvalue weighted by molar-refractivity contribution is 14.1. The molecule has 0 aromatic heterocycles. The first-order valence-corrected chi connectivity index (χ1v) is 7.44. The van der Waals surface area contributed by atoms with Crippen molar-refractivity contribution in [2.75, 3.05) is 18.0 Å². The zero-order chi connectivity index (χ0) is 14.0. The molecule has 0 radical (unpaired) electrons. The molecule has 1 aliphatic rings. The summed E-state index contributed by atoms with van der Waals surface area (Å²) in [6.07, 6.45) is 1.57. The lowest BCUT2D eigenvalue weighted by molar-refractivity contribution is -0.384. The molecule has 1 aromatic carbocycles. The monoisotopic (exact) mass is 376 g/mol. The Hall–Kier alpha value is -0.890. The number of nitro benzene ring substituents is 1. The van der Waals surface area contributed by atoms with Crippen molar-refractivity contribution in [2.45, 2.75) is 25.9 Å². The summed E-state index contributed by atoms with van der Waals surface area (Å²) in [6.45, 7) is 3.28. The molecule has 0 saturated carbocycles. The van der Waals surface area contributed by atoms with Crippen LogP contribution in [0.4, 0.5) is 11.4 Å². The van der Waals surface area contributed by atoms with Gasteiger partial charge in [-0.05, 0) is 54.5 Å². The molecule has 0 amide bonds. The first-order chi connectivity index (χ1) is 8.99. The Bertz CT molecular complexity index is 479. The molecule has 104 valence electrons. The second kappa shape index (κ2) is 6.04. The number of benzene rings is 1. The van der Waals surface area contributed by atoms with Crippen molar-refractivity contribution >= 4 is 34.0 Å². The average molecular weight is 376 g/mol. The van der Waals surface area contributed by atoms with Crippen LogP contribution in [0.5, 0.6) is 0 Å². The van der Waals surface area contributed by atoms with E-state index in [4.69, 9.17) is 0 Å². The first-order valence-electron chi connectivity index (χ1n) is 6.36. The minimum absolute atomic E-state index is 0.151. The van der Waals surface area contributed by atoms with E-state index in [9.17, 15) is 15.2 Å². The number of hydrogen-bond donors (Lipinski definition) is 1. The highest BCUT2D eigenvalue weighted by Crippen LogP contribution is 2.33. The molecule has 2 atom stereocenters. The Morgan fingerprint density at radius 3 is 2.95 bits per heavy atom. The lowest BCUT2D eigenvalue weighted by Crippen LogP contribution is -2.39. The van der Waals surface area contributed by atoms with Gasteiger partial charge in [0.25, 0.3) is 5.69 Å². The van der Waals surface area contributed by atoms with Crippen molar-refractivity contribution in [2.24, 2.45) is 5.92 Å². The summed E-state index contributed by atoms with van der Waals surface area (Å²) in [5, 5.41) is 20.9. The van der Waals surface area contributed by atoms with E-state index in [1.54, 1.807) is 13.0 Å². The summed E-state index contributed by atoms with van der Waals surface area (Å²) in [5.41, 5.74) is 0.814. The van der Waals surface area contributed by atoms with Crippen molar-refractivity contribution in [3.05, 3.63) is 31.9 Å². The molecule has 1 fully saturated rings. The summed E-state index contributed by atoms with van der Waals surface area (Å²) >= 11 is 2.08. The van der Waals surface area contributed by atoms with Crippen molar-refractivity contribution in [1.82, 2.24) is 0 Å². The second-order valence-electron chi connectivity index (χ2n) is 4.98. The molecule has 19 heavy (non-hydrogen) atoms. The molecule has 0 aliphatic carbocycles. The number of nitro groups is 1. The lowest BCUT2D eigenvalue weighted by atomic mass is 9.93. The van der Waals surface area contributed by atoms with E-state index in [2.05, 4.69) is 22.6 Å². The Labute approximate surface area is 125 Å². The summed E-state index contributed by atoms with van der Waals surface area (Å²) in [6, 6.07) is 5.29. The predicted octanol–water partition coefficient (Wildman–Crippen LogP) is 2.80. The van der Waals surface area contributed by atoms with Gasteiger partial charge >= 0.3 is 0 Å². The Morgan fingerprint density at radius 1 is 1.58 bits per heavy atom. The number of piperidine rings is 1. The number of halogens is 1. The Kier molecular flexibility index (Phi) is 4.62. The van der Waals surface area contributed by atoms with E-state index in [1.165, 1.54) is 0 Å². The van der Waals surface area contributed by atoms with Gasteiger partial charge in [0.15, 0.2) is 0 Å². The summed E-state index contributed by atoms with van der Waals surface area (Å²) in [5.74, 6) is 0.188. The van der Waals surface area contributed by atoms with Gasteiger partial charge < -0.3 is 10.0 Å². The normalized spacial score (nSPS) is 21.2. The maximum Gasteiger partial charge on any atom is 0.293 e. The largest absolute Gasteiger partial charge is 0.393 e. The van der Waals surface area contributed by atoms with Crippen LogP contribution in [-0.2, 0) is 0 Å². The van der Waals surface area contributed by atoms with E-state index >= 15 is 0 Å². The van der Waals surface area contributed by atoms with Gasteiger partial charge in [-0.1, -0.05) is 0 Å². The van der Waals surface area contributed by atoms with Gasteiger partial charge in [-0.3, -0.25) is 10.1 Å². The van der Waals surface area contributed by atoms with Crippen LogP contribution < -0.4 is 4.90 Å². The molecule has 1 aliphatic heterocycles. The molecule has 1 N–H and O–H groups in total. The Balaban J connectivity index is 2.28. The first kappa shape index (κ1) is 14.5. The number of aliphatic hydroxyl groups is 1. The molecule has 1 aromatic rings. The quantitative estimate of drug-likeness (QED) is 0.501. The molecule has 1 saturated heterocycles. The summed E-state index contributed by atoms with van der Waals surface area (Å²) in [4.78, 5) is 12.9. The number of anilines is 1. The fourth-order valence-corrected chi connectivity index (χ4v) is 3.01. The van der Waals surface area contributed by atoms with Crippen LogP contribution in [0, 0.1) is 19.6 Å². The van der Waals surface area contributed by atoms with Gasteiger partial charge in [-0.2, -0.15) is 0 Å². The van der Waals surface area contributed by atoms with Gasteiger partial charge in [-0.25, -0.2) is 0 Å². The molecular weight excluding hydrogens is 359 g/mol. The molecule has 6 heteroatoms. The van der Waals surface area contributed by atoms with E-state index < -0.39 is 0 Å². The molecule has 0 spiro atoms. The molecular formula is C13H17IN2O3. The zero-order valence-electron chi connectivity index (χ0n) is 10.8. The van der Waals surface area contributed by atoms with Gasteiger partial charge in [0.05, 0.1) is 11.0 Å². The van der Waals surface area contributed by atoms with Crippen LogP contribution in [0.2, 0.25) is 0 Å². The highest BCUT2D eigenvalue weighted by atomic mass is 127. The minimum atomic E-state index is -0.370. The van der Waals surface area contributed by atoms with Crippen LogP contribution in [0.3, 0.4) is 0 Å². The third kappa shape index (κ3) is 3.36. The van der Waals surface area contributed by atoms with Gasteiger partial charge in [0.1, 0.15) is 5.69 Å².